The fourth-order valence-electron chi connectivity index (χ4n) is 1.06. The first-order chi connectivity index (χ1) is 5.43. The average Bonchev–Trinajstić information content (AvgIpc) is 2.16. The predicted octanol–water partition coefficient (Wildman–Crippen LogP) is 1.03. The van der Waals surface area contributed by atoms with Crippen molar-refractivity contribution >= 4 is 0 Å². The van der Waals surface area contributed by atoms with Gasteiger partial charge in [-0.15, -0.1) is 0 Å². The van der Waals surface area contributed by atoms with Crippen LogP contribution in [-0.4, -0.2) is 19.8 Å². The predicted molar refractivity (Wildman–Crippen MR) is 48.4 cm³/mol. The minimum atomic E-state index is 0.901. The lowest BCUT2D eigenvalue weighted by Gasteiger charge is -1.99. The maximum atomic E-state index is 3.26. The molecule has 0 spiro atoms. The second-order valence-electron chi connectivity index (χ2n) is 2.62. The van der Waals surface area contributed by atoms with Crippen molar-refractivity contribution < 1.29 is 0 Å². The highest BCUT2D eigenvalue weighted by atomic mass is 15.0. The maximum Gasteiger partial charge on any atom is 0.0459 e. The number of allylic oxidation sites excluding steroid dienone is 2. The number of hydrogen-bond donors (Lipinski definition) is 2. The summed E-state index contributed by atoms with van der Waals surface area (Å²) >= 11 is 0. The van der Waals surface area contributed by atoms with E-state index in [4.69, 9.17) is 0 Å². The van der Waals surface area contributed by atoms with E-state index in [1.165, 1.54) is 5.57 Å². The third kappa shape index (κ3) is 3.35. The summed E-state index contributed by atoms with van der Waals surface area (Å²) in [5, 5.41) is 6.50. The van der Waals surface area contributed by atoms with Crippen LogP contribution in [0.4, 0.5) is 0 Å². The van der Waals surface area contributed by atoms with E-state index in [-0.39, 0.29) is 0 Å². The SMILES string of the molecule is CCC1=C/CNCNC/C=C\1. The van der Waals surface area contributed by atoms with Crippen LogP contribution in [0.3, 0.4) is 0 Å². The van der Waals surface area contributed by atoms with Crippen molar-refractivity contribution in [1.29, 1.82) is 0 Å². The summed E-state index contributed by atoms with van der Waals surface area (Å²) in [4.78, 5) is 0. The van der Waals surface area contributed by atoms with Crippen LogP contribution in [-0.2, 0) is 0 Å². The molecule has 0 fully saturated rings. The second kappa shape index (κ2) is 5.10. The molecule has 1 aliphatic rings. The van der Waals surface area contributed by atoms with E-state index in [0.717, 1.165) is 26.2 Å². The molecule has 1 heterocycles. The third-order valence-electron chi connectivity index (χ3n) is 1.76. The van der Waals surface area contributed by atoms with Crippen molar-refractivity contribution in [3.63, 3.8) is 0 Å². The highest BCUT2D eigenvalue weighted by Gasteiger charge is 1.90. The number of hydrogen-bond acceptors (Lipinski definition) is 2. The fourth-order valence-corrected chi connectivity index (χ4v) is 1.06. The lowest BCUT2D eigenvalue weighted by atomic mass is 10.2. The molecule has 0 bridgehead atoms. The Morgan fingerprint density at radius 2 is 2.18 bits per heavy atom. The lowest BCUT2D eigenvalue weighted by Crippen LogP contribution is -2.28. The molecule has 2 N–H and O–H groups in total. The van der Waals surface area contributed by atoms with Crippen molar-refractivity contribution in [2.75, 3.05) is 19.8 Å². The van der Waals surface area contributed by atoms with Gasteiger partial charge >= 0.3 is 0 Å². The van der Waals surface area contributed by atoms with E-state index in [2.05, 4.69) is 35.8 Å². The van der Waals surface area contributed by atoms with E-state index < -0.39 is 0 Å². The Hall–Kier alpha value is -0.600. The normalized spacial score (nSPS) is 27.5. The highest BCUT2D eigenvalue weighted by Crippen LogP contribution is 2.01. The Kier molecular flexibility index (Phi) is 3.94. The molecule has 2 nitrogen and oxygen atoms in total. The van der Waals surface area contributed by atoms with Gasteiger partial charge in [0, 0.05) is 19.8 Å². The molecular formula is C9H16N2. The highest BCUT2D eigenvalue weighted by molar-refractivity contribution is 5.19. The Bertz CT molecular complexity index is 159. The molecule has 11 heavy (non-hydrogen) atoms. The average molecular weight is 152 g/mol. The van der Waals surface area contributed by atoms with Crippen LogP contribution in [0, 0.1) is 0 Å². The van der Waals surface area contributed by atoms with Crippen LogP contribution in [0.15, 0.2) is 23.8 Å². The summed E-state index contributed by atoms with van der Waals surface area (Å²) in [6, 6.07) is 0. The molecule has 0 saturated carbocycles. The topological polar surface area (TPSA) is 24.1 Å². The molecule has 0 aliphatic carbocycles. The van der Waals surface area contributed by atoms with E-state index in [0.29, 0.717) is 0 Å². The number of rotatable bonds is 1. The Morgan fingerprint density at radius 1 is 1.36 bits per heavy atom. The van der Waals surface area contributed by atoms with Gasteiger partial charge in [-0.1, -0.05) is 30.7 Å². The minimum absolute atomic E-state index is 0.901. The molecule has 0 atom stereocenters. The Labute approximate surface area is 68.4 Å². The molecule has 0 unspecified atom stereocenters. The largest absolute Gasteiger partial charge is 0.301 e. The molecule has 62 valence electrons. The van der Waals surface area contributed by atoms with Crippen molar-refractivity contribution in [3.05, 3.63) is 23.8 Å². The van der Waals surface area contributed by atoms with Crippen LogP contribution >= 0.6 is 0 Å². The summed E-state index contributed by atoms with van der Waals surface area (Å²) in [5.41, 5.74) is 1.42. The standard InChI is InChI=1S/C9H16N2/c1-2-9-4-3-6-10-8-11-7-5-9/h3-5,10-11H,2,6-8H2,1H3/b4-3-,9-5-. The molecule has 0 radical (unpaired) electrons. The van der Waals surface area contributed by atoms with Gasteiger partial charge < -0.3 is 10.6 Å². The molecule has 0 amide bonds. The summed E-state index contributed by atoms with van der Waals surface area (Å²) in [6.45, 7) is 5.02. The molecule has 0 aromatic carbocycles. The summed E-state index contributed by atoms with van der Waals surface area (Å²) in [7, 11) is 0. The minimum Gasteiger partial charge on any atom is -0.301 e. The van der Waals surface area contributed by atoms with Crippen LogP contribution in [0.25, 0.3) is 0 Å². The van der Waals surface area contributed by atoms with Gasteiger partial charge in [0.2, 0.25) is 0 Å². The van der Waals surface area contributed by atoms with E-state index >= 15 is 0 Å². The zero-order valence-electron chi connectivity index (χ0n) is 7.06. The van der Waals surface area contributed by atoms with Gasteiger partial charge in [0.25, 0.3) is 0 Å². The van der Waals surface area contributed by atoms with Gasteiger partial charge in [-0.2, -0.15) is 0 Å². The molecule has 0 aromatic rings. The smallest absolute Gasteiger partial charge is 0.0459 e. The van der Waals surface area contributed by atoms with Crippen LogP contribution in [0.1, 0.15) is 13.3 Å². The zero-order valence-corrected chi connectivity index (χ0v) is 7.06. The molecule has 1 rings (SSSR count). The molecule has 0 aromatic heterocycles. The maximum absolute atomic E-state index is 3.26. The van der Waals surface area contributed by atoms with Gasteiger partial charge in [-0.25, -0.2) is 0 Å². The first-order valence-electron chi connectivity index (χ1n) is 4.20. The van der Waals surface area contributed by atoms with Crippen LogP contribution in [0.5, 0.6) is 0 Å². The van der Waals surface area contributed by atoms with Gasteiger partial charge in [-0.05, 0) is 6.42 Å². The summed E-state index contributed by atoms with van der Waals surface area (Å²) in [6.07, 6.45) is 7.73. The van der Waals surface area contributed by atoms with Crippen molar-refractivity contribution in [2.45, 2.75) is 13.3 Å². The van der Waals surface area contributed by atoms with Crippen LogP contribution in [0.2, 0.25) is 0 Å². The molecule has 1 aliphatic heterocycles. The van der Waals surface area contributed by atoms with Crippen molar-refractivity contribution in [1.82, 2.24) is 10.6 Å². The zero-order chi connectivity index (χ0) is 7.94. The fraction of sp³-hybridized carbons (Fsp3) is 0.556. The summed E-state index contributed by atoms with van der Waals surface area (Å²) < 4.78 is 0. The second-order valence-corrected chi connectivity index (χ2v) is 2.62. The first-order valence-corrected chi connectivity index (χ1v) is 4.20. The quantitative estimate of drug-likeness (QED) is 0.586. The monoisotopic (exact) mass is 152 g/mol. The third-order valence-corrected chi connectivity index (χ3v) is 1.76. The van der Waals surface area contributed by atoms with E-state index in [1.807, 2.05) is 0 Å². The first kappa shape index (κ1) is 8.50. The molecule has 2 heteroatoms. The van der Waals surface area contributed by atoms with Gasteiger partial charge in [-0.3, -0.25) is 0 Å². The van der Waals surface area contributed by atoms with Crippen molar-refractivity contribution in [2.24, 2.45) is 0 Å². The Morgan fingerprint density at radius 3 is 3.00 bits per heavy atom. The Balaban J connectivity index is 2.48. The van der Waals surface area contributed by atoms with Gasteiger partial charge in [0.1, 0.15) is 0 Å². The van der Waals surface area contributed by atoms with E-state index in [9.17, 15) is 0 Å². The van der Waals surface area contributed by atoms with E-state index in [1.54, 1.807) is 0 Å². The van der Waals surface area contributed by atoms with Gasteiger partial charge in [0.05, 0.1) is 0 Å². The molecular weight excluding hydrogens is 136 g/mol. The lowest BCUT2D eigenvalue weighted by molar-refractivity contribution is 0.648. The van der Waals surface area contributed by atoms with Crippen LogP contribution < -0.4 is 10.6 Å². The number of nitrogens with one attached hydrogen (secondary N) is 2. The van der Waals surface area contributed by atoms with Gasteiger partial charge in [0.15, 0.2) is 0 Å². The molecule has 0 saturated heterocycles. The summed E-state index contributed by atoms with van der Waals surface area (Å²) in [5.74, 6) is 0. The van der Waals surface area contributed by atoms with Crippen molar-refractivity contribution in [3.8, 4) is 0 Å².